The number of carbonyl (C=O) groups is 1. The molecule has 6 heteroatoms. The third kappa shape index (κ3) is 4.17. The zero-order chi connectivity index (χ0) is 16.9. The summed E-state index contributed by atoms with van der Waals surface area (Å²) >= 11 is 1.40. The van der Waals surface area contributed by atoms with Crippen LogP contribution in [0.4, 0.5) is 0 Å². The van der Waals surface area contributed by atoms with Crippen molar-refractivity contribution in [2.45, 2.75) is 38.3 Å². The molecule has 2 heterocycles. The Bertz CT molecular complexity index is 675. The summed E-state index contributed by atoms with van der Waals surface area (Å²) in [6.07, 6.45) is 3.24. The van der Waals surface area contributed by atoms with Crippen LogP contribution in [0, 0.1) is 5.92 Å². The van der Waals surface area contributed by atoms with Gasteiger partial charge in [-0.3, -0.25) is 9.89 Å². The maximum Gasteiger partial charge on any atom is 0.233 e. The summed E-state index contributed by atoms with van der Waals surface area (Å²) < 4.78 is 0. The number of nitrogens with zero attached hydrogens (tertiary/aromatic N) is 3. The molecule has 0 radical (unpaired) electrons. The number of hydrogen-bond donors (Lipinski definition) is 1. The number of carbonyl (C=O) groups excluding carboxylic acids is 1. The molecule has 5 nitrogen and oxygen atoms in total. The summed E-state index contributed by atoms with van der Waals surface area (Å²) in [5, 5.41) is 7.81. The van der Waals surface area contributed by atoms with Crippen molar-refractivity contribution < 1.29 is 4.79 Å². The topological polar surface area (TPSA) is 61.9 Å². The highest BCUT2D eigenvalue weighted by Gasteiger charge is 2.20. The predicted molar refractivity (Wildman–Crippen MR) is 96.9 cm³/mol. The van der Waals surface area contributed by atoms with Crippen molar-refractivity contribution in [2.24, 2.45) is 5.92 Å². The lowest BCUT2D eigenvalue weighted by Crippen LogP contribution is -2.38. The second kappa shape index (κ2) is 7.83. The van der Waals surface area contributed by atoms with Gasteiger partial charge < -0.3 is 4.90 Å². The van der Waals surface area contributed by atoms with Gasteiger partial charge in [-0.2, -0.15) is 0 Å². The lowest BCUT2D eigenvalue weighted by Gasteiger charge is -2.30. The van der Waals surface area contributed by atoms with Crippen molar-refractivity contribution in [2.75, 3.05) is 18.8 Å². The largest absolute Gasteiger partial charge is 0.342 e. The molecule has 0 saturated carbocycles. The van der Waals surface area contributed by atoms with Gasteiger partial charge in [0.2, 0.25) is 11.1 Å². The van der Waals surface area contributed by atoms with Crippen LogP contribution in [0.5, 0.6) is 0 Å². The molecule has 128 valence electrons. The lowest BCUT2D eigenvalue weighted by atomic mass is 9.99. The van der Waals surface area contributed by atoms with Gasteiger partial charge in [-0.05, 0) is 30.7 Å². The molecular weight excluding hydrogens is 320 g/mol. The third-order valence-electron chi connectivity index (χ3n) is 4.56. The van der Waals surface area contributed by atoms with Crippen molar-refractivity contribution in [3.8, 4) is 11.4 Å². The van der Waals surface area contributed by atoms with E-state index >= 15 is 0 Å². The molecule has 1 amide bonds. The number of likely N-dealkylation sites (tertiary alicyclic amines) is 1. The van der Waals surface area contributed by atoms with Gasteiger partial charge in [-0.25, -0.2) is 4.98 Å². The maximum absolute atomic E-state index is 12.3. The van der Waals surface area contributed by atoms with E-state index in [0.717, 1.165) is 49.7 Å². The van der Waals surface area contributed by atoms with Gasteiger partial charge in [0, 0.05) is 18.7 Å². The molecule has 0 unspecified atom stereocenters. The van der Waals surface area contributed by atoms with Gasteiger partial charge in [-0.15, -0.1) is 5.10 Å². The van der Waals surface area contributed by atoms with Gasteiger partial charge in [0.15, 0.2) is 5.82 Å². The van der Waals surface area contributed by atoms with Crippen LogP contribution in [-0.2, 0) is 11.2 Å². The van der Waals surface area contributed by atoms with Crippen LogP contribution in [0.15, 0.2) is 29.4 Å². The Labute approximate surface area is 147 Å². The average molecular weight is 344 g/mol. The lowest BCUT2D eigenvalue weighted by molar-refractivity contribution is -0.129. The van der Waals surface area contributed by atoms with Crippen LogP contribution in [-0.4, -0.2) is 44.8 Å². The number of amides is 1. The number of rotatable bonds is 5. The number of benzene rings is 1. The normalized spacial score (nSPS) is 15.7. The molecule has 0 bridgehead atoms. The molecule has 1 fully saturated rings. The number of piperidine rings is 1. The minimum absolute atomic E-state index is 0.186. The molecule has 24 heavy (non-hydrogen) atoms. The van der Waals surface area contributed by atoms with E-state index in [4.69, 9.17) is 0 Å². The second-order valence-electron chi connectivity index (χ2n) is 6.37. The Morgan fingerprint density at radius 1 is 1.29 bits per heavy atom. The Balaban J connectivity index is 1.55. The van der Waals surface area contributed by atoms with Gasteiger partial charge in [-0.1, -0.05) is 49.9 Å². The Kier molecular flexibility index (Phi) is 5.56. The third-order valence-corrected chi connectivity index (χ3v) is 5.39. The summed E-state index contributed by atoms with van der Waals surface area (Å²) in [6.45, 7) is 6.14. The van der Waals surface area contributed by atoms with E-state index in [9.17, 15) is 4.79 Å². The quantitative estimate of drug-likeness (QED) is 0.845. The molecule has 1 saturated heterocycles. The number of thioether (sulfide) groups is 1. The van der Waals surface area contributed by atoms with Gasteiger partial charge >= 0.3 is 0 Å². The summed E-state index contributed by atoms with van der Waals surface area (Å²) in [7, 11) is 0. The minimum atomic E-state index is 0.186. The molecule has 0 spiro atoms. The van der Waals surface area contributed by atoms with Crippen LogP contribution < -0.4 is 0 Å². The van der Waals surface area contributed by atoms with Crippen molar-refractivity contribution in [1.29, 1.82) is 0 Å². The van der Waals surface area contributed by atoms with Crippen LogP contribution in [0.1, 0.15) is 32.3 Å². The smallest absolute Gasteiger partial charge is 0.233 e. The van der Waals surface area contributed by atoms with E-state index in [2.05, 4.69) is 41.2 Å². The fourth-order valence-corrected chi connectivity index (χ4v) is 3.52. The van der Waals surface area contributed by atoms with E-state index < -0.39 is 0 Å². The second-order valence-corrected chi connectivity index (χ2v) is 7.31. The van der Waals surface area contributed by atoms with Crippen molar-refractivity contribution in [1.82, 2.24) is 20.1 Å². The Morgan fingerprint density at radius 3 is 2.67 bits per heavy atom. The highest BCUT2D eigenvalue weighted by molar-refractivity contribution is 7.99. The Morgan fingerprint density at radius 2 is 2.00 bits per heavy atom. The van der Waals surface area contributed by atoms with E-state index in [1.807, 2.05) is 17.0 Å². The van der Waals surface area contributed by atoms with Crippen molar-refractivity contribution >= 4 is 17.7 Å². The zero-order valence-corrected chi connectivity index (χ0v) is 15.1. The fraction of sp³-hybridized carbons (Fsp3) is 0.500. The van der Waals surface area contributed by atoms with Gasteiger partial charge in [0.25, 0.3) is 0 Å². The highest BCUT2D eigenvalue weighted by atomic mass is 32.2. The summed E-state index contributed by atoms with van der Waals surface area (Å²) in [6, 6.07) is 8.30. The SMILES string of the molecule is CCc1ccc(-c2nc(SCC(=O)N3CCC(C)CC3)n[nH]2)cc1. The molecule has 1 aromatic carbocycles. The van der Waals surface area contributed by atoms with Gasteiger partial charge in [0.05, 0.1) is 5.75 Å². The number of aromatic amines is 1. The number of hydrogen-bond acceptors (Lipinski definition) is 4. The molecule has 1 aromatic heterocycles. The number of aromatic nitrogens is 3. The van der Waals surface area contributed by atoms with Gasteiger partial charge in [0.1, 0.15) is 0 Å². The predicted octanol–water partition coefficient (Wildman–Crippen LogP) is 3.38. The molecular formula is C18H24N4OS. The van der Waals surface area contributed by atoms with Crippen LogP contribution >= 0.6 is 11.8 Å². The minimum Gasteiger partial charge on any atom is -0.342 e. The summed E-state index contributed by atoms with van der Waals surface area (Å²) in [4.78, 5) is 18.7. The fourth-order valence-electron chi connectivity index (χ4n) is 2.81. The number of H-pyrrole nitrogens is 1. The molecule has 2 aromatic rings. The highest BCUT2D eigenvalue weighted by Crippen LogP contribution is 2.21. The van der Waals surface area contributed by atoms with E-state index in [1.165, 1.54) is 17.3 Å². The monoisotopic (exact) mass is 344 g/mol. The first-order valence-electron chi connectivity index (χ1n) is 8.58. The van der Waals surface area contributed by atoms with Crippen molar-refractivity contribution in [3.05, 3.63) is 29.8 Å². The van der Waals surface area contributed by atoms with E-state index in [1.54, 1.807) is 0 Å². The molecule has 0 aliphatic carbocycles. The van der Waals surface area contributed by atoms with E-state index in [0.29, 0.717) is 10.9 Å². The summed E-state index contributed by atoms with van der Waals surface area (Å²) in [5.41, 5.74) is 2.32. The number of nitrogens with one attached hydrogen (secondary N) is 1. The van der Waals surface area contributed by atoms with Crippen molar-refractivity contribution in [3.63, 3.8) is 0 Å². The van der Waals surface area contributed by atoms with E-state index in [-0.39, 0.29) is 5.91 Å². The first kappa shape index (κ1) is 17.0. The molecule has 1 aliphatic heterocycles. The molecule has 1 N–H and O–H groups in total. The Hall–Kier alpha value is -1.82. The van der Waals surface area contributed by atoms with Crippen LogP contribution in [0.3, 0.4) is 0 Å². The van der Waals surface area contributed by atoms with Crippen LogP contribution in [0.2, 0.25) is 0 Å². The van der Waals surface area contributed by atoms with Crippen LogP contribution in [0.25, 0.3) is 11.4 Å². The zero-order valence-electron chi connectivity index (χ0n) is 14.3. The number of aryl methyl sites for hydroxylation is 1. The summed E-state index contributed by atoms with van der Waals surface area (Å²) in [5.74, 6) is 2.07. The first-order valence-corrected chi connectivity index (χ1v) is 9.56. The first-order chi connectivity index (χ1) is 11.7. The molecule has 1 aliphatic rings. The standard InChI is InChI=1S/C18H24N4OS/c1-3-14-4-6-15(7-5-14)17-19-18(21-20-17)24-12-16(23)22-10-8-13(2)9-11-22/h4-7,13H,3,8-12H2,1-2H3,(H,19,20,21). The molecule has 3 rings (SSSR count). The molecule has 0 atom stereocenters. The maximum atomic E-state index is 12.3. The average Bonchev–Trinajstić information content (AvgIpc) is 3.09.